The Labute approximate surface area is 102 Å². The summed E-state index contributed by atoms with van der Waals surface area (Å²) in [5.74, 6) is 0. The van der Waals surface area contributed by atoms with Crippen LogP contribution < -0.4 is 0 Å². The van der Waals surface area contributed by atoms with Crippen molar-refractivity contribution in [2.24, 2.45) is 10.3 Å². The summed E-state index contributed by atoms with van der Waals surface area (Å²) >= 11 is 1.45. The van der Waals surface area contributed by atoms with Gasteiger partial charge in [0.2, 0.25) is 5.13 Å². The number of carbonyl (C=O) groups is 1. The van der Waals surface area contributed by atoms with Gasteiger partial charge < -0.3 is 4.74 Å². The SMILES string of the molecule is CN(COC=O)N=Nc1nc2ccccc2s1. The van der Waals surface area contributed by atoms with Crippen molar-refractivity contribution in [2.45, 2.75) is 0 Å². The maximum absolute atomic E-state index is 9.97. The molecule has 0 atom stereocenters. The predicted molar refractivity (Wildman–Crippen MR) is 63.9 cm³/mol. The van der Waals surface area contributed by atoms with Crippen LogP contribution >= 0.6 is 11.3 Å². The summed E-state index contributed by atoms with van der Waals surface area (Å²) in [4.78, 5) is 14.3. The van der Waals surface area contributed by atoms with Crippen molar-refractivity contribution in [3.05, 3.63) is 24.3 Å². The van der Waals surface area contributed by atoms with Crippen LogP contribution in [0.4, 0.5) is 5.13 Å². The third-order valence-electron chi connectivity index (χ3n) is 1.89. The van der Waals surface area contributed by atoms with E-state index in [1.165, 1.54) is 16.3 Å². The van der Waals surface area contributed by atoms with E-state index in [0.717, 1.165) is 10.2 Å². The summed E-state index contributed by atoms with van der Waals surface area (Å²) in [6, 6.07) is 7.77. The lowest BCUT2D eigenvalue weighted by Crippen LogP contribution is -2.13. The molecule has 0 radical (unpaired) electrons. The number of para-hydroxylation sites is 1. The number of ether oxygens (including phenoxy) is 1. The fourth-order valence-electron chi connectivity index (χ4n) is 1.18. The summed E-state index contributed by atoms with van der Waals surface area (Å²) in [6.07, 6.45) is 0. The fraction of sp³-hybridized carbons (Fsp3) is 0.200. The Morgan fingerprint density at radius 3 is 3.12 bits per heavy atom. The van der Waals surface area contributed by atoms with E-state index in [-0.39, 0.29) is 6.73 Å². The molecule has 0 aliphatic rings. The lowest BCUT2D eigenvalue weighted by molar-refractivity contribution is -0.132. The molecule has 0 fully saturated rings. The average molecular weight is 250 g/mol. The molecule has 1 aromatic carbocycles. The average Bonchev–Trinajstić information content (AvgIpc) is 2.76. The quantitative estimate of drug-likeness (QED) is 0.353. The minimum Gasteiger partial charge on any atom is -0.445 e. The summed E-state index contributed by atoms with van der Waals surface area (Å²) < 4.78 is 5.58. The third kappa shape index (κ3) is 2.97. The van der Waals surface area contributed by atoms with Crippen LogP contribution in [0.25, 0.3) is 10.2 Å². The van der Waals surface area contributed by atoms with Gasteiger partial charge in [-0.25, -0.2) is 9.99 Å². The van der Waals surface area contributed by atoms with E-state index in [0.29, 0.717) is 11.6 Å². The van der Waals surface area contributed by atoms with Crippen molar-refractivity contribution in [2.75, 3.05) is 13.8 Å². The molecular weight excluding hydrogens is 240 g/mol. The van der Waals surface area contributed by atoms with Crippen LogP contribution in [0.5, 0.6) is 0 Å². The number of fused-ring (bicyclic) bond motifs is 1. The molecule has 0 saturated heterocycles. The van der Waals surface area contributed by atoms with Crippen molar-refractivity contribution >= 4 is 33.2 Å². The zero-order valence-electron chi connectivity index (χ0n) is 9.11. The summed E-state index contributed by atoms with van der Waals surface area (Å²) in [5, 5.41) is 9.78. The van der Waals surface area contributed by atoms with E-state index in [9.17, 15) is 4.79 Å². The van der Waals surface area contributed by atoms with Gasteiger partial charge in [-0.3, -0.25) is 4.79 Å². The second kappa shape index (κ2) is 5.35. The van der Waals surface area contributed by atoms with Crippen LogP contribution in [-0.2, 0) is 9.53 Å². The van der Waals surface area contributed by atoms with Gasteiger partial charge in [0.25, 0.3) is 6.47 Å². The molecule has 0 bridgehead atoms. The number of aromatic nitrogens is 1. The first-order chi connectivity index (χ1) is 8.29. The zero-order valence-corrected chi connectivity index (χ0v) is 9.92. The van der Waals surface area contributed by atoms with E-state index in [4.69, 9.17) is 0 Å². The highest BCUT2D eigenvalue weighted by atomic mass is 32.1. The van der Waals surface area contributed by atoms with Crippen molar-refractivity contribution < 1.29 is 9.53 Å². The molecule has 17 heavy (non-hydrogen) atoms. The zero-order chi connectivity index (χ0) is 12.1. The maximum atomic E-state index is 9.97. The van der Waals surface area contributed by atoms with Gasteiger partial charge in [0.15, 0.2) is 6.73 Å². The monoisotopic (exact) mass is 250 g/mol. The summed E-state index contributed by atoms with van der Waals surface area (Å²) in [6.45, 7) is 0.432. The highest BCUT2D eigenvalue weighted by Crippen LogP contribution is 2.27. The Morgan fingerprint density at radius 2 is 2.35 bits per heavy atom. The molecule has 0 amide bonds. The smallest absolute Gasteiger partial charge is 0.294 e. The molecular formula is C10H10N4O2S. The van der Waals surface area contributed by atoms with Gasteiger partial charge in [0, 0.05) is 7.05 Å². The maximum Gasteiger partial charge on any atom is 0.294 e. The number of hydrogen-bond donors (Lipinski definition) is 0. The summed E-state index contributed by atoms with van der Waals surface area (Å²) in [5.41, 5.74) is 0.901. The third-order valence-corrected chi connectivity index (χ3v) is 2.82. The minimum absolute atomic E-state index is 0.0674. The van der Waals surface area contributed by atoms with Gasteiger partial charge in [-0.05, 0) is 12.1 Å². The number of nitrogens with zero attached hydrogens (tertiary/aromatic N) is 4. The molecule has 0 aliphatic carbocycles. The molecule has 7 heteroatoms. The van der Waals surface area contributed by atoms with Gasteiger partial charge in [0.1, 0.15) is 0 Å². The predicted octanol–water partition coefficient (Wildman–Crippen LogP) is 2.36. The van der Waals surface area contributed by atoms with Crippen molar-refractivity contribution in [3.8, 4) is 0 Å². The fourth-order valence-corrected chi connectivity index (χ4v) is 1.96. The molecule has 0 aliphatic heterocycles. The standard InChI is InChI=1S/C10H10N4O2S/c1-14(6-16-7-15)13-12-10-11-8-4-2-3-5-9(8)17-10/h2-5,7H,6H2,1H3. The Bertz CT molecular complexity index is 507. The van der Waals surface area contributed by atoms with Crippen LogP contribution in [0.1, 0.15) is 0 Å². The first-order valence-electron chi connectivity index (χ1n) is 4.83. The van der Waals surface area contributed by atoms with E-state index in [1.807, 2.05) is 24.3 Å². The molecule has 6 nitrogen and oxygen atoms in total. The Kier molecular flexibility index (Phi) is 3.61. The van der Waals surface area contributed by atoms with Gasteiger partial charge in [0.05, 0.1) is 10.2 Å². The second-order valence-corrected chi connectivity index (χ2v) is 4.21. The van der Waals surface area contributed by atoms with E-state index in [1.54, 1.807) is 7.05 Å². The van der Waals surface area contributed by atoms with Crippen LogP contribution in [0.3, 0.4) is 0 Å². The topological polar surface area (TPSA) is 67.2 Å². The van der Waals surface area contributed by atoms with Crippen molar-refractivity contribution in [3.63, 3.8) is 0 Å². The van der Waals surface area contributed by atoms with Crippen LogP contribution in [0.2, 0.25) is 0 Å². The normalized spacial score (nSPS) is 10.9. The number of rotatable bonds is 5. The van der Waals surface area contributed by atoms with Crippen LogP contribution in [-0.4, -0.2) is 30.2 Å². The number of benzene rings is 1. The first kappa shape index (κ1) is 11.5. The lowest BCUT2D eigenvalue weighted by atomic mass is 10.3. The lowest BCUT2D eigenvalue weighted by Gasteiger charge is -2.07. The number of hydrogen-bond acceptors (Lipinski definition) is 6. The Balaban J connectivity index is 2.07. The van der Waals surface area contributed by atoms with Gasteiger partial charge >= 0.3 is 0 Å². The molecule has 0 unspecified atom stereocenters. The molecule has 0 N–H and O–H groups in total. The van der Waals surface area contributed by atoms with Crippen LogP contribution in [0.15, 0.2) is 34.6 Å². The minimum atomic E-state index is 0.0674. The molecule has 2 rings (SSSR count). The highest BCUT2D eigenvalue weighted by Gasteiger charge is 2.01. The van der Waals surface area contributed by atoms with Crippen LogP contribution in [0, 0.1) is 0 Å². The van der Waals surface area contributed by atoms with Gasteiger partial charge in [-0.15, -0.1) is 5.11 Å². The molecule has 0 saturated carbocycles. The van der Waals surface area contributed by atoms with E-state index < -0.39 is 0 Å². The molecule has 2 aromatic rings. The Hall–Kier alpha value is -2.02. The highest BCUT2D eigenvalue weighted by molar-refractivity contribution is 7.21. The van der Waals surface area contributed by atoms with Gasteiger partial charge in [-0.1, -0.05) is 28.7 Å². The van der Waals surface area contributed by atoms with Gasteiger partial charge in [-0.2, -0.15) is 0 Å². The molecule has 1 heterocycles. The summed E-state index contributed by atoms with van der Waals surface area (Å²) in [7, 11) is 1.65. The van der Waals surface area contributed by atoms with E-state index >= 15 is 0 Å². The number of carbonyl (C=O) groups excluding carboxylic acids is 1. The van der Waals surface area contributed by atoms with Crippen molar-refractivity contribution in [1.82, 2.24) is 9.99 Å². The molecule has 0 spiro atoms. The van der Waals surface area contributed by atoms with E-state index in [2.05, 4.69) is 20.1 Å². The Morgan fingerprint density at radius 1 is 1.53 bits per heavy atom. The largest absolute Gasteiger partial charge is 0.445 e. The molecule has 1 aromatic heterocycles. The first-order valence-corrected chi connectivity index (χ1v) is 5.65. The number of thiazole rings is 1. The second-order valence-electron chi connectivity index (χ2n) is 3.20. The molecule has 88 valence electrons. The van der Waals surface area contributed by atoms with Crippen molar-refractivity contribution in [1.29, 1.82) is 0 Å².